The van der Waals surface area contributed by atoms with E-state index < -0.39 is 72.0 Å². The molecule has 1 heterocycles. The molecule has 0 aliphatic carbocycles. The predicted molar refractivity (Wildman–Crippen MR) is 152 cm³/mol. The average Bonchev–Trinajstić information content (AvgIpc) is 2.81. The third-order valence-corrected chi connectivity index (χ3v) is 6.28. The topological polar surface area (TPSA) is 160 Å². The van der Waals surface area contributed by atoms with Crippen molar-refractivity contribution in [2.45, 2.75) is 103 Å². The minimum Gasteiger partial charge on any atom is -0.460 e. The summed E-state index contributed by atoms with van der Waals surface area (Å²) in [6, 6.07) is -3.12. The number of hydrogen-bond donors (Lipinski definition) is 6. The zero-order valence-electron chi connectivity index (χ0n) is 23.3. The van der Waals surface area contributed by atoms with Crippen molar-refractivity contribution in [3.8, 4) is 0 Å². The van der Waals surface area contributed by atoms with Gasteiger partial charge in [-0.05, 0) is 51.4 Å². The second-order valence-electron chi connectivity index (χ2n) is 10.7. The Morgan fingerprint density at radius 2 is 1.72 bits per heavy atom. The molecular formula is C26H43N3O8S2. The zero-order valence-corrected chi connectivity index (χ0v) is 25.1. The maximum absolute atomic E-state index is 13.2. The highest BCUT2D eigenvalue weighted by Crippen LogP contribution is 2.15. The van der Waals surface area contributed by atoms with Gasteiger partial charge < -0.3 is 30.5 Å². The number of carbonyl (C=O) groups is 5. The number of amides is 3. The van der Waals surface area contributed by atoms with Gasteiger partial charge in [0.05, 0.1) is 25.0 Å². The van der Waals surface area contributed by atoms with Gasteiger partial charge in [-0.2, -0.15) is 25.3 Å². The molecule has 0 spiro atoms. The number of esters is 2. The summed E-state index contributed by atoms with van der Waals surface area (Å²) in [5, 5.41) is 18.6. The van der Waals surface area contributed by atoms with E-state index in [2.05, 4.69) is 41.2 Å². The van der Waals surface area contributed by atoms with E-state index in [9.17, 15) is 29.1 Å². The first kappa shape index (κ1) is 34.8. The van der Waals surface area contributed by atoms with E-state index in [0.717, 1.165) is 0 Å². The summed E-state index contributed by atoms with van der Waals surface area (Å²) < 4.78 is 10.8. The molecule has 0 aromatic heterocycles. The normalized spacial score (nSPS) is 26.2. The smallest absolute Gasteiger partial charge is 0.309 e. The Bertz CT molecular complexity index is 891. The van der Waals surface area contributed by atoms with Gasteiger partial charge in [0.2, 0.25) is 17.7 Å². The summed E-state index contributed by atoms with van der Waals surface area (Å²) in [5.41, 5.74) is -0.729. The van der Waals surface area contributed by atoms with Crippen LogP contribution in [0.25, 0.3) is 0 Å². The van der Waals surface area contributed by atoms with Gasteiger partial charge in [0.25, 0.3) is 0 Å². The highest BCUT2D eigenvalue weighted by Gasteiger charge is 2.33. The standard InChI is InChI=1S/C26H43N3O8S2/c1-15(2)23-19(30)13-22(33)36-16(8-6-7-11-38)12-20(31)27-17(9-10-21(32)37-26(3,4)5)24(34)28-18(14-39)25(35)29-23/h6,8,15-19,23,30,38-39H,7,9-14H2,1-5H3,(H,27,31)(H,28,34)(H,29,35)/b8-6+/t16-,17-,18-,19+,23-/m1/s1. The number of allylic oxidation sites excluding steroid dienone is 1. The lowest BCUT2D eigenvalue weighted by Gasteiger charge is -2.29. The van der Waals surface area contributed by atoms with E-state index in [1.165, 1.54) is 0 Å². The zero-order chi connectivity index (χ0) is 29.8. The minimum atomic E-state index is -1.28. The molecule has 1 aliphatic rings. The number of aliphatic hydroxyl groups excluding tert-OH is 1. The molecule has 0 aromatic carbocycles. The van der Waals surface area contributed by atoms with Gasteiger partial charge in [0.1, 0.15) is 23.8 Å². The molecule has 1 rings (SSSR count). The highest BCUT2D eigenvalue weighted by molar-refractivity contribution is 7.80. The van der Waals surface area contributed by atoms with Gasteiger partial charge in [0, 0.05) is 12.2 Å². The molecule has 1 saturated heterocycles. The molecule has 1 fully saturated rings. The van der Waals surface area contributed by atoms with Crippen molar-refractivity contribution in [2.75, 3.05) is 11.5 Å². The summed E-state index contributed by atoms with van der Waals surface area (Å²) in [6.07, 6.45) is 0.586. The fourth-order valence-corrected chi connectivity index (χ4v) is 4.19. The number of nitrogens with one attached hydrogen (secondary N) is 3. The molecule has 0 radical (unpaired) electrons. The first-order valence-electron chi connectivity index (χ1n) is 13.0. The van der Waals surface area contributed by atoms with Crippen LogP contribution in [0.1, 0.15) is 66.7 Å². The Morgan fingerprint density at radius 1 is 1.08 bits per heavy atom. The van der Waals surface area contributed by atoms with E-state index >= 15 is 0 Å². The van der Waals surface area contributed by atoms with Crippen molar-refractivity contribution < 1.29 is 38.6 Å². The van der Waals surface area contributed by atoms with Crippen molar-refractivity contribution >= 4 is 54.9 Å². The lowest BCUT2D eigenvalue weighted by Crippen LogP contribution is -2.57. The fourth-order valence-electron chi connectivity index (χ4n) is 3.78. The molecule has 39 heavy (non-hydrogen) atoms. The van der Waals surface area contributed by atoms with E-state index in [1.807, 2.05) is 0 Å². The van der Waals surface area contributed by atoms with Gasteiger partial charge in [-0.1, -0.05) is 19.9 Å². The fraction of sp³-hybridized carbons (Fsp3) is 0.731. The molecule has 5 atom stereocenters. The van der Waals surface area contributed by atoms with Crippen LogP contribution < -0.4 is 16.0 Å². The highest BCUT2D eigenvalue weighted by atomic mass is 32.1. The average molecular weight is 590 g/mol. The van der Waals surface area contributed by atoms with Crippen LogP contribution in [0.15, 0.2) is 12.2 Å². The van der Waals surface area contributed by atoms with Crippen LogP contribution in [0, 0.1) is 5.92 Å². The third kappa shape index (κ3) is 13.6. The molecule has 3 amide bonds. The summed E-state index contributed by atoms with van der Waals surface area (Å²) in [6.45, 7) is 8.66. The molecule has 4 N–H and O–H groups in total. The number of rotatable bonds is 8. The number of ether oxygens (including phenoxy) is 2. The van der Waals surface area contributed by atoms with Gasteiger partial charge in [0.15, 0.2) is 0 Å². The molecule has 0 aromatic rings. The van der Waals surface area contributed by atoms with Crippen LogP contribution in [0.5, 0.6) is 0 Å². The van der Waals surface area contributed by atoms with Crippen molar-refractivity contribution in [1.29, 1.82) is 0 Å². The van der Waals surface area contributed by atoms with Crippen LogP contribution >= 0.6 is 25.3 Å². The van der Waals surface area contributed by atoms with Crippen LogP contribution in [0.3, 0.4) is 0 Å². The lowest BCUT2D eigenvalue weighted by molar-refractivity contribution is -0.155. The monoisotopic (exact) mass is 589 g/mol. The van der Waals surface area contributed by atoms with Crippen molar-refractivity contribution in [1.82, 2.24) is 16.0 Å². The maximum atomic E-state index is 13.2. The Kier molecular flexibility index (Phi) is 14.9. The SMILES string of the molecule is CC(C)[C@H]1NC(=O)[C@@H](CS)NC(=O)[C@@H](CCC(=O)OC(C)(C)C)NC(=O)C[C@@H](/C=C/CCS)OC(=O)C[C@@H]1O. The van der Waals surface area contributed by atoms with Gasteiger partial charge in [-0.3, -0.25) is 24.0 Å². The molecule has 0 saturated carbocycles. The first-order chi connectivity index (χ1) is 18.2. The van der Waals surface area contributed by atoms with Crippen LogP contribution in [-0.4, -0.2) is 82.2 Å². The Balaban J connectivity index is 3.31. The second-order valence-corrected chi connectivity index (χ2v) is 11.5. The third-order valence-electron chi connectivity index (χ3n) is 5.66. The molecule has 0 bridgehead atoms. The van der Waals surface area contributed by atoms with E-state index in [4.69, 9.17) is 9.47 Å². The summed E-state index contributed by atoms with van der Waals surface area (Å²) >= 11 is 8.31. The lowest BCUT2D eigenvalue weighted by atomic mass is 9.96. The Hall–Kier alpha value is -2.25. The number of cyclic esters (lactones) is 1. The number of thiol groups is 2. The maximum Gasteiger partial charge on any atom is 0.309 e. The minimum absolute atomic E-state index is 0.0781. The Labute approximate surface area is 241 Å². The predicted octanol–water partition coefficient (Wildman–Crippen LogP) is 1.09. The molecule has 0 unspecified atom stereocenters. The van der Waals surface area contributed by atoms with Crippen LogP contribution in [-0.2, 0) is 33.4 Å². The number of hydrogen-bond acceptors (Lipinski definition) is 10. The van der Waals surface area contributed by atoms with Gasteiger partial charge in [-0.25, -0.2) is 0 Å². The van der Waals surface area contributed by atoms with Crippen LogP contribution in [0.2, 0.25) is 0 Å². The largest absolute Gasteiger partial charge is 0.460 e. The molecular weight excluding hydrogens is 546 g/mol. The van der Waals surface area contributed by atoms with Crippen molar-refractivity contribution in [3.63, 3.8) is 0 Å². The quantitative estimate of drug-likeness (QED) is 0.139. The Morgan fingerprint density at radius 3 is 2.28 bits per heavy atom. The summed E-state index contributed by atoms with van der Waals surface area (Å²) in [5.74, 6) is -3.05. The van der Waals surface area contributed by atoms with E-state index in [1.54, 1.807) is 46.8 Å². The molecule has 13 heteroatoms. The van der Waals surface area contributed by atoms with E-state index in [-0.39, 0.29) is 30.9 Å². The van der Waals surface area contributed by atoms with Crippen molar-refractivity contribution in [3.05, 3.63) is 12.2 Å². The number of carbonyl (C=O) groups excluding carboxylic acids is 5. The summed E-state index contributed by atoms with van der Waals surface area (Å²) in [7, 11) is 0. The van der Waals surface area contributed by atoms with Gasteiger partial charge in [-0.15, -0.1) is 0 Å². The first-order valence-corrected chi connectivity index (χ1v) is 14.3. The number of aliphatic hydroxyl groups is 1. The van der Waals surface area contributed by atoms with E-state index in [0.29, 0.717) is 12.2 Å². The molecule has 1 aliphatic heterocycles. The van der Waals surface area contributed by atoms with Crippen molar-refractivity contribution in [2.24, 2.45) is 5.92 Å². The molecule has 222 valence electrons. The second kappa shape index (κ2) is 16.8. The summed E-state index contributed by atoms with van der Waals surface area (Å²) in [4.78, 5) is 64.0. The molecule has 11 nitrogen and oxygen atoms in total. The van der Waals surface area contributed by atoms with Crippen LogP contribution in [0.4, 0.5) is 0 Å². The van der Waals surface area contributed by atoms with Gasteiger partial charge >= 0.3 is 11.9 Å².